The molecule has 0 unspecified atom stereocenters. The van der Waals surface area contributed by atoms with Gasteiger partial charge >= 0.3 is 12.1 Å². The number of anilines is 1. The van der Waals surface area contributed by atoms with E-state index >= 15 is 0 Å². The van der Waals surface area contributed by atoms with Gasteiger partial charge in [-0.1, -0.05) is 55.8 Å². The number of aryl methyl sites for hydroxylation is 1. The van der Waals surface area contributed by atoms with Gasteiger partial charge in [0.1, 0.15) is 31.3 Å². The van der Waals surface area contributed by atoms with E-state index in [1.807, 2.05) is 32.0 Å². The third kappa shape index (κ3) is 7.32. The topological polar surface area (TPSA) is 165 Å². The number of benzene rings is 3. The molecule has 1 heterocycles. The van der Waals surface area contributed by atoms with Crippen LogP contribution in [0.4, 0.5) is 10.5 Å². The number of fused-ring (bicyclic) bond motifs is 1. The molecule has 222 valence electrons. The maximum atomic E-state index is 13.3. The van der Waals surface area contributed by atoms with Crippen LogP contribution in [0.5, 0.6) is 11.5 Å². The summed E-state index contributed by atoms with van der Waals surface area (Å²) in [5, 5.41) is 31.5. The van der Waals surface area contributed by atoms with Gasteiger partial charge in [-0.05, 0) is 53.7 Å². The number of hydrogen-bond donors (Lipinski definition) is 2. The van der Waals surface area contributed by atoms with Crippen LogP contribution in [0.2, 0.25) is 0 Å². The lowest BCUT2D eigenvalue weighted by molar-refractivity contribution is -0.144. The van der Waals surface area contributed by atoms with Gasteiger partial charge in [0.15, 0.2) is 0 Å². The highest BCUT2D eigenvalue weighted by molar-refractivity contribution is 7.71. The molecular formula is C29H29N7O6S. The second-order valence-corrected chi connectivity index (χ2v) is 9.81. The molecule has 0 saturated heterocycles. The molecule has 14 heteroatoms. The molecule has 0 aliphatic carbocycles. The highest BCUT2D eigenvalue weighted by atomic mass is 32.1. The number of tetrazole rings is 1. The number of hydrogen-bond acceptors (Lipinski definition) is 10. The Labute approximate surface area is 251 Å². The van der Waals surface area contributed by atoms with Crippen molar-refractivity contribution in [2.45, 2.75) is 39.9 Å². The monoisotopic (exact) mass is 603 g/mol. The molecule has 43 heavy (non-hydrogen) atoms. The highest BCUT2D eigenvalue weighted by Gasteiger charge is 2.23. The predicted octanol–water partition coefficient (Wildman–Crippen LogP) is 4.55. The fourth-order valence-corrected chi connectivity index (χ4v) is 4.25. The number of nitrogens with zero attached hydrogens (tertiary/aromatic N) is 6. The highest BCUT2D eigenvalue weighted by Crippen LogP contribution is 2.37. The molecule has 0 saturated carbocycles. The summed E-state index contributed by atoms with van der Waals surface area (Å²) >= 11 is 5.34. The third-order valence-corrected chi connectivity index (χ3v) is 6.80. The molecular weight excluding hydrogens is 574 g/mol. The molecule has 0 bridgehead atoms. The first-order valence-electron chi connectivity index (χ1n) is 13.3. The average Bonchev–Trinajstić information content (AvgIpc) is 3.33. The number of rotatable bonds is 11. The molecule has 0 aliphatic rings. The molecule has 4 rings (SSSR count). The SMILES string of the molecule is CCCCOC(=O)Cn1nnn(CN(CC#N)C(=O)Oc2cc(C(=O)Nc3ccccc3C)c(O)c3ccccc23)c1=S. The van der Waals surface area contributed by atoms with Crippen LogP contribution in [0.1, 0.15) is 35.7 Å². The van der Waals surface area contributed by atoms with Gasteiger partial charge < -0.3 is 19.9 Å². The molecule has 0 spiro atoms. The Balaban J connectivity index is 1.57. The Hall–Kier alpha value is -5.29. The first-order chi connectivity index (χ1) is 20.7. The lowest BCUT2D eigenvalue weighted by Gasteiger charge is -2.20. The van der Waals surface area contributed by atoms with E-state index in [0.29, 0.717) is 11.1 Å². The van der Waals surface area contributed by atoms with Crippen LogP contribution >= 0.6 is 12.2 Å². The number of ether oxygens (including phenoxy) is 2. The molecule has 13 nitrogen and oxygen atoms in total. The van der Waals surface area contributed by atoms with E-state index < -0.39 is 24.5 Å². The number of nitriles is 1. The number of aromatic hydroxyl groups is 1. The molecule has 3 aromatic carbocycles. The van der Waals surface area contributed by atoms with Crippen LogP contribution < -0.4 is 10.1 Å². The number of carbonyl (C=O) groups excluding carboxylic acids is 3. The van der Waals surface area contributed by atoms with Crippen molar-refractivity contribution in [3.05, 3.63) is 70.5 Å². The Morgan fingerprint density at radius 3 is 2.51 bits per heavy atom. The molecule has 0 radical (unpaired) electrons. The lowest BCUT2D eigenvalue weighted by atomic mass is 10.0. The van der Waals surface area contributed by atoms with Crippen molar-refractivity contribution in [1.29, 1.82) is 5.26 Å². The largest absolute Gasteiger partial charge is 0.506 e. The van der Waals surface area contributed by atoms with Crippen molar-refractivity contribution in [2.24, 2.45) is 0 Å². The van der Waals surface area contributed by atoms with E-state index in [4.69, 9.17) is 21.7 Å². The molecule has 0 atom stereocenters. The van der Waals surface area contributed by atoms with Gasteiger partial charge in [0.05, 0.1) is 18.2 Å². The number of para-hydroxylation sites is 1. The standard InChI is InChI=1S/C29H29N7O6S/c1-3-4-15-41-25(37)17-35-28(43)36(33-32-35)18-34(14-13-30)29(40)42-24-16-22(26(38)21-11-7-6-10-20(21)24)27(39)31-23-12-8-5-9-19(23)2/h5-12,16,38H,3-4,14-15,17-18H2,1-2H3,(H,31,39). The van der Waals surface area contributed by atoms with Gasteiger partial charge in [0, 0.05) is 16.5 Å². The van der Waals surface area contributed by atoms with Crippen molar-refractivity contribution in [2.75, 3.05) is 18.5 Å². The minimum Gasteiger partial charge on any atom is -0.506 e. The summed E-state index contributed by atoms with van der Waals surface area (Å²) in [6, 6.07) is 16.9. The first-order valence-corrected chi connectivity index (χ1v) is 13.8. The normalized spacial score (nSPS) is 10.6. The lowest BCUT2D eigenvalue weighted by Crippen LogP contribution is -2.36. The summed E-state index contributed by atoms with van der Waals surface area (Å²) in [5.74, 6) is -1.45. The van der Waals surface area contributed by atoms with E-state index in [0.717, 1.165) is 32.7 Å². The molecule has 0 aliphatic heterocycles. The Morgan fingerprint density at radius 2 is 1.79 bits per heavy atom. The van der Waals surface area contributed by atoms with Crippen molar-refractivity contribution in [1.82, 2.24) is 24.7 Å². The van der Waals surface area contributed by atoms with Crippen molar-refractivity contribution in [3.8, 4) is 17.6 Å². The number of unbranched alkanes of at least 4 members (excludes halogenated alkanes) is 1. The van der Waals surface area contributed by atoms with Crippen LogP contribution in [0.3, 0.4) is 0 Å². The van der Waals surface area contributed by atoms with Gasteiger partial charge in [-0.3, -0.25) is 14.5 Å². The number of nitrogens with one attached hydrogen (secondary N) is 1. The smallest absolute Gasteiger partial charge is 0.417 e. The predicted molar refractivity (Wildman–Crippen MR) is 158 cm³/mol. The van der Waals surface area contributed by atoms with Crippen LogP contribution in [0.25, 0.3) is 10.8 Å². The second kappa shape index (κ2) is 14.1. The van der Waals surface area contributed by atoms with E-state index in [-0.39, 0.29) is 47.0 Å². The summed E-state index contributed by atoms with van der Waals surface area (Å²) < 4.78 is 13.1. The minimum absolute atomic E-state index is 0.0154. The molecule has 4 aromatic rings. The Kier molecular flexibility index (Phi) is 10.0. The van der Waals surface area contributed by atoms with Gasteiger partial charge in [-0.25, -0.2) is 9.48 Å². The van der Waals surface area contributed by atoms with Crippen LogP contribution in [0, 0.1) is 23.0 Å². The van der Waals surface area contributed by atoms with E-state index in [9.17, 15) is 24.8 Å². The zero-order valence-corrected chi connectivity index (χ0v) is 24.3. The fraction of sp³-hybridized carbons (Fsp3) is 0.276. The minimum atomic E-state index is -0.946. The second-order valence-electron chi connectivity index (χ2n) is 9.44. The van der Waals surface area contributed by atoms with Gasteiger partial charge in [0.2, 0.25) is 4.77 Å². The summed E-state index contributed by atoms with van der Waals surface area (Å²) in [7, 11) is 0. The number of aromatic nitrogens is 4. The van der Waals surface area contributed by atoms with E-state index in [1.165, 1.54) is 6.07 Å². The Bertz CT molecular complexity index is 1760. The van der Waals surface area contributed by atoms with E-state index in [1.54, 1.807) is 36.4 Å². The number of esters is 1. The van der Waals surface area contributed by atoms with Crippen LogP contribution in [-0.2, 0) is 22.7 Å². The number of phenolic OH excluding ortho intramolecular Hbond substituents is 1. The fourth-order valence-electron chi connectivity index (χ4n) is 4.06. The van der Waals surface area contributed by atoms with Crippen molar-refractivity contribution < 1.29 is 29.0 Å². The molecule has 0 fully saturated rings. The zero-order valence-electron chi connectivity index (χ0n) is 23.5. The summed E-state index contributed by atoms with van der Waals surface area (Å²) in [6.07, 6.45) is 0.651. The van der Waals surface area contributed by atoms with E-state index in [2.05, 4.69) is 15.7 Å². The third-order valence-electron chi connectivity index (χ3n) is 6.38. The maximum absolute atomic E-state index is 13.3. The van der Waals surface area contributed by atoms with Crippen LogP contribution in [-0.4, -0.2) is 60.9 Å². The number of carbonyl (C=O) groups is 3. The number of phenols is 1. The molecule has 2 amide bonds. The van der Waals surface area contributed by atoms with Gasteiger partial charge in [-0.15, -0.1) is 0 Å². The first kappa shape index (κ1) is 30.7. The quantitative estimate of drug-likeness (QED) is 0.107. The number of amides is 2. The Morgan fingerprint density at radius 1 is 1.09 bits per heavy atom. The summed E-state index contributed by atoms with van der Waals surface area (Å²) in [5.41, 5.74) is 1.25. The molecule has 1 aromatic heterocycles. The van der Waals surface area contributed by atoms with Gasteiger partial charge in [-0.2, -0.15) is 9.94 Å². The summed E-state index contributed by atoms with van der Waals surface area (Å²) in [6.45, 7) is 3.10. The van der Waals surface area contributed by atoms with Crippen molar-refractivity contribution >= 4 is 46.6 Å². The zero-order chi connectivity index (χ0) is 30.9. The summed E-state index contributed by atoms with van der Waals surface area (Å²) in [4.78, 5) is 39.6. The van der Waals surface area contributed by atoms with Crippen LogP contribution in [0.15, 0.2) is 54.6 Å². The van der Waals surface area contributed by atoms with Gasteiger partial charge in [0.25, 0.3) is 5.91 Å². The average molecular weight is 604 g/mol. The molecule has 2 N–H and O–H groups in total. The van der Waals surface area contributed by atoms with Crippen molar-refractivity contribution in [3.63, 3.8) is 0 Å². The maximum Gasteiger partial charge on any atom is 0.417 e.